The lowest BCUT2D eigenvalue weighted by Crippen LogP contribution is -2.28. The van der Waals surface area contributed by atoms with E-state index in [2.05, 4.69) is 13.8 Å². The summed E-state index contributed by atoms with van der Waals surface area (Å²) in [5.41, 5.74) is 0. The maximum atomic E-state index is 6.19. The van der Waals surface area contributed by atoms with Crippen molar-refractivity contribution in [2.45, 2.75) is 167 Å². The van der Waals surface area contributed by atoms with E-state index in [1.54, 1.807) is 0 Å². The number of hydrogen-bond acceptors (Lipinski definition) is 2. The van der Waals surface area contributed by atoms with Crippen LogP contribution in [0.3, 0.4) is 0 Å². The van der Waals surface area contributed by atoms with Gasteiger partial charge < -0.3 is 9.47 Å². The Bertz CT molecular complexity index is 301. The van der Waals surface area contributed by atoms with Crippen molar-refractivity contribution in [3.05, 3.63) is 0 Å². The van der Waals surface area contributed by atoms with E-state index in [9.17, 15) is 0 Å². The zero-order chi connectivity index (χ0) is 21.5. The van der Waals surface area contributed by atoms with Crippen LogP contribution in [0.2, 0.25) is 0 Å². The summed E-state index contributed by atoms with van der Waals surface area (Å²) in [6, 6.07) is 0. The van der Waals surface area contributed by atoms with Gasteiger partial charge in [0.25, 0.3) is 0 Å². The molecule has 1 fully saturated rings. The summed E-state index contributed by atoms with van der Waals surface area (Å²) in [5.74, 6) is 0. The molecule has 0 bridgehead atoms. The SMILES string of the molecule is CCCCCCCCCCCOC1CCCC(OCCCCCCCCCCC)C1. The summed E-state index contributed by atoms with van der Waals surface area (Å²) >= 11 is 0. The van der Waals surface area contributed by atoms with E-state index in [-0.39, 0.29) is 0 Å². The van der Waals surface area contributed by atoms with E-state index in [4.69, 9.17) is 9.47 Å². The van der Waals surface area contributed by atoms with E-state index >= 15 is 0 Å². The molecule has 2 heteroatoms. The lowest BCUT2D eigenvalue weighted by atomic mass is 9.95. The highest BCUT2D eigenvalue weighted by molar-refractivity contribution is 4.74. The third-order valence-corrected chi connectivity index (χ3v) is 6.78. The summed E-state index contributed by atoms with van der Waals surface area (Å²) in [6.07, 6.45) is 30.8. The van der Waals surface area contributed by atoms with E-state index in [1.807, 2.05) is 0 Å². The monoisotopic (exact) mass is 424 g/mol. The Morgan fingerprint density at radius 2 is 0.800 bits per heavy atom. The molecule has 0 aromatic carbocycles. The van der Waals surface area contributed by atoms with Gasteiger partial charge in [0, 0.05) is 13.2 Å². The fourth-order valence-corrected chi connectivity index (χ4v) is 4.73. The first-order valence-electron chi connectivity index (χ1n) is 14.1. The number of ether oxygens (including phenoxy) is 2. The predicted octanol–water partition coefficient (Wildman–Crippen LogP) is 9.39. The van der Waals surface area contributed by atoms with Crippen molar-refractivity contribution in [3.8, 4) is 0 Å². The topological polar surface area (TPSA) is 18.5 Å². The summed E-state index contributed by atoms with van der Waals surface area (Å²) in [7, 11) is 0. The lowest BCUT2D eigenvalue weighted by molar-refractivity contribution is -0.0460. The van der Waals surface area contributed by atoms with E-state index < -0.39 is 0 Å². The van der Waals surface area contributed by atoms with Gasteiger partial charge >= 0.3 is 0 Å². The molecule has 1 rings (SSSR count). The molecule has 2 atom stereocenters. The van der Waals surface area contributed by atoms with E-state index in [1.165, 1.54) is 135 Å². The van der Waals surface area contributed by atoms with Gasteiger partial charge in [-0.25, -0.2) is 0 Å². The molecule has 0 aliphatic heterocycles. The van der Waals surface area contributed by atoms with Gasteiger partial charge in [-0.05, 0) is 38.5 Å². The Morgan fingerprint density at radius 1 is 0.467 bits per heavy atom. The molecule has 0 spiro atoms. The second kappa shape index (κ2) is 22.1. The van der Waals surface area contributed by atoms with Crippen molar-refractivity contribution in [2.24, 2.45) is 0 Å². The molecule has 1 aliphatic carbocycles. The Balaban J connectivity index is 1.86. The van der Waals surface area contributed by atoms with E-state index in [0.29, 0.717) is 12.2 Å². The first kappa shape index (κ1) is 28.0. The molecule has 2 nitrogen and oxygen atoms in total. The third-order valence-electron chi connectivity index (χ3n) is 6.78. The molecule has 30 heavy (non-hydrogen) atoms. The maximum Gasteiger partial charge on any atom is 0.0599 e. The van der Waals surface area contributed by atoms with Crippen LogP contribution in [0.15, 0.2) is 0 Å². The van der Waals surface area contributed by atoms with Crippen molar-refractivity contribution in [3.63, 3.8) is 0 Å². The molecule has 1 aliphatic rings. The largest absolute Gasteiger partial charge is 0.378 e. The molecule has 0 saturated heterocycles. The van der Waals surface area contributed by atoms with Crippen LogP contribution in [0, 0.1) is 0 Å². The molecule has 0 amide bonds. The first-order chi connectivity index (χ1) is 14.9. The quantitative estimate of drug-likeness (QED) is 0.161. The highest BCUT2D eigenvalue weighted by atomic mass is 16.5. The molecule has 0 aromatic heterocycles. The number of rotatable bonds is 22. The Morgan fingerprint density at radius 3 is 1.17 bits per heavy atom. The molecule has 0 heterocycles. The molecule has 1 saturated carbocycles. The molecule has 2 unspecified atom stereocenters. The smallest absolute Gasteiger partial charge is 0.0599 e. The number of hydrogen-bond donors (Lipinski definition) is 0. The zero-order valence-electron chi connectivity index (χ0n) is 20.9. The minimum absolute atomic E-state index is 0.459. The van der Waals surface area contributed by atoms with Crippen LogP contribution in [-0.2, 0) is 9.47 Å². The zero-order valence-corrected chi connectivity index (χ0v) is 20.9. The molecule has 0 radical (unpaired) electrons. The van der Waals surface area contributed by atoms with Crippen molar-refractivity contribution in [1.29, 1.82) is 0 Å². The van der Waals surface area contributed by atoms with Gasteiger partial charge in [-0.15, -0.1) is 0 Å². The van der Waals surface area contributed by atoms with Gasteiger partial charge in [-0.1, -0.05) is 117 Å². The summed E-state index contributed by atoms with van der Waals surface area (Å²) < 4.78 is 12.4. The average molecular weight is 425 g/mol. The van der Waals surface area contributed by atoms with Gasteiger partial charge in [0.15, 0.2) is 0 Å². The molecular formula is C28H56O2. The maximum absolute atomic E-state index is 6.19. The minimum Gasteiger partial charge on any atom is -0.378 e. The average Bonchev–Trinajstić information content (AvgIpc) is 2.76. The van der Waals surface area contributed by atoms with Crippen molar-refractivity contribution < 1.29 is 9.47 Å². The molecule has 180 valence electrons. The van der Waals surface area contributed by atoms with Crippen LogP contribution in [0.5, 0.6) is 0 Å². The lowest BCUT2D eigenvalue weighted by Gasteiger charge is -2.29. The summed E-state index contributed by atoms with van der Waals surface area (Å²) in [6.45, 7) is 6.51. The van der Waals surface area contributed by atoms with Crippen LogP contribution in [-0.4, -0.2) is 25.4 Å². The van der Waals surface area contributed by atoms with Gasteiger partial charge in [0.1, 0.15) is 0 Å². The molecule has 0 N–H and O–H groups in total. The predicted molar refractivity (Wildman–Crippen MR) is 132 cm³/mol. The van der Waals surface area contributed by atoms with Crippen molar-refractivity contribution >= 4 is 0 Å². The normalized spacial score (nSPS) is 19.4. The van der Waals surface area contributed by atoms with Gasteiger partial charge in [0.2, 0.25) is 0 Å². The van der Waals surface area contributed by atoms with Gasteiger partial charge in [-0.2, -0.15) is 0 Å². The summed E-state index contributed by atoms with van der Waals surface area (Å²) in [4.78, 5) is 0. The number of unbranched alkanes of at least 4 members (excludes halogenated alkanes) is 16. The Labute approximate surface area is 190 Å². The fourth-order valence-electron chi connectivity index (χ4n) is 4.73. The van der Waals surface area contributed by atoms with E-state index in [0.717, 1.165) is 19.6 Å². The van der Waals surface area contributed by atoms with Crippen LogP contribution < -0.4 is 0 Å². The Hall–Kier alpha value is -0.0800. The highest BCUT2D eigenvalue weighted by Gasteiger charge is 2.22. The third kappa shape index (κ3) is 17.6. The highest BCUT2D eigenvalue weighted by Crippen LogP contribution is 2.24. The van der Waals surface area contributed by atoms with Crippen LogP contribution >= 0.6 is 0 Å². The first-order valence-corrected chi connectivity index (χ1v) is 14.1. The fraction of sp³-hybridized carbons (Fsp3) is 1.00. The Kier molecular flexibility index (Phi) is 20.6. The van der Waals surface area contributed by atoms with Crippen molar-refractivity contribution in [2.75, 3.05) is 13.2 Å². The molecular weight excluding hydrogens is 368 g/mol. The van der Waals surface area contributed by atoms with Gasteiger partial charge in [0.05, 0.1) is 12.2 Å². The van der Waals surface area contributed by atoms with Crippen LogP contribution in [0.1, 0.15) is 155 Å². The summed E-state index contributed by atoms with van der Waals surface area (Å²) in [5, 5.41) is 0. The van der Waals surface area contributed by atoms with Crippen LogP contribution in [0.4, 0.5) is 0 Å². The van der Waals surface area contributed by atoms with Gasteiger partial charge in [-0.3, -0.25) is 0 Å². The van der Waals surface area contributed by atoms with Crippen LogP contribution in [0.25, 0.3) is 0 Å². The standard InChI is InChI=1S/C28H56O2/c1-3-5-7-9-11-13-15-17-19-24-29-27-22-21-23-28(26-27)30-25-20-18-16-14-12-10-8-6-4-2/h27-28H,3-26H2,1-2H3. The second-order valence-corrected chi connectivity index (χ2v) is 9.81. The minimum atomic E-state index is 0.459. The van der Waals surface area contributed by atoms with Crippen molar-refractivity contribution in [1.82, 2.24) is 0 Å². The molecule has 0 aromatic rings. The second-order valence-electron chi connectivity index (χ2n) is 9.81.